The highest BCUT2D eigenvalue weighted by Gasteiger charge is 2.36. The van der Waals surface area contributed by atoms with Gasteiger partial charge in [0, 0.05) is 25.0 Å². The molecule has 0 bridgehead atoms. The van der Waals surface area contributed by atoms with Crippen LogP contribution in [0.4, 0.5) is 10.1 Å². The smallest absolute Gasteiger partial charge is 0.340 e. The van der Waals surface area contributed by atoms with Crippen LogP contribution in [-0.4, -0.2) is 56.7 Å². The number of amides is 2. The van der Waals surface area contributed by atoms with Crippen LogP contribution >= 0.6 is 0 Å². The van der Waals surface area contributed by atoms with Crippen LogP contribution in [0.15, 0.2) is 65.4 Å². The van der Waals surface area contributed by atoms with Crippen LogP contribution in [0.3, 0.4) is 0 Å². The van der Waals surface area contributed by atoms with Crippen molar-refractivity contribution in [1.29, 1.82) is 0 Å². The fraction of sp³-hybridized carbons (Fsp3) is 0.240. The third-order valence-corrected chi connectivity index (χ3v) is 5.11. The Morgan fingerprint density at radius 1 is 1.06 bits per heavy atom. The maximum Gasteiger partial charge on any atom is 0.340 e. The van der Waals surface area contributed by atoms with Crippen LogP contribution in [0.1, 0.15) is 12.5 Å². The number of hydrogen-bond donors (Lipinski definition) is 1. The van der Waals surface area contributed by atoms with E-state index in [0.717, 1.165) is 0 Å². The molecule has 1 aliphatic rings. The highest BCUT2D eigenvalue weighted by Crippen LogP contribution is 2.31. The predicted octanol–water partition coefficient (Wildman–Crippen LogP) is 3.16. The number of carbonyl (C=O) groups is 3. The van der Waals surface area contributed by atoms with Gasteiger partial charge in [0.05, 0.1) is 24.9 Å². The molecule has 0 radical (unpaired) electrons. The summed E-state index contributed by atoms with van der Waals surface area (Å²) >= 11 is 0. The molecule has 0 fully saturated rings. The van der Waals surface area contributed by atoms with Gasteiger partial charge in [-0.2, -0.15) is 0 Å². The molecule has 8 nitrogen and oxygen atoms in total. The van der Waals surface area contributed by atoms with Crippen LogP contribution in [-0.2, 0) is 23.9 Å². The summed E-state index contributed by atoms with van der Waals surface area (Å²) in [7, 11) is 2.80. The summed E-state index contributed by atoms with van der Waals surface area (Å²) in [6.07, 6.45) is 1.61. The maximum absolute atomic E-state index is 12.9. The number of anilines is 1. The van der Waals surface area contributed by atoms with E-state index in [0.29, 0.717) is 35.8 Å². The third-order valence-electron chi connectivity index (χ3n) is 5.11. The molecule has 0 atom stereocenters. The summed E-state index contributed by atoms with van der Waals surface area (Å²) in [5.41, 5.74) is 2.07. The summed E-state index contributed by atoms with van der Waals surface area (Å²) in [6, 6.07) is 12.1. The standard InChI is InChI=1S/C25H25FN2O6/c1-16-23(25(31)33-3)21(24(30)28(16)12-13-32-2)14-17-4-10-20(11-5-17)34-15-22(29)27-19-8-6-18(26)7-9-19/h4-11,14H,12-13,15H2,1-3H3,(H,27,29)/b21-14+. The number of carbonyl (C=O) groups excluding carboxylic acids is 3. The van der Waals surface area contributed by atoms with Gasteiger partial charge in [0.2, 0.25) is 0 Å². The van der Waals surface area contributed by atoms with Crippen molar-refractivity contribution in [3.05, 3.63) is 76.8 Å². The number of nitrogens with one attached hydrogen (secondary N) is 1. The molecule has 0 saturated heterocycles. The minimum Gasteiger partial charge on any atom is -0.484 e. The van der Waals surface area contributed by atoms with Crippen molar-refractivity contribution in [3.63, 3.8) is 0 Å². The first-order valence-corrected chi connectivity index (χ1v) is 10.4. The first kappa shape index (κ1) is 24.7. The van der Waals surface area contributed by atoms with Gasteiger partial charge in [-0.25, -0.2) is 9.18 Å². The van der Waals surface area contributed by atoms with Gasteiger partial charge in [-0.3, -0.25) is 9.59 Å². The van der Waals surface area contributed by atoms with Gasteiger partial charge in [-0.05, 0) is 55.0 Å². The van der Waals surface area contributed by atoms with Crippen LogP contribution in [0, 0.1) is 5.82 Å². The number of nitrogens with zero attached hydrogens (tertiary/aromatic N) is 1. The van der Waals surface area contributed by atoms with Crippen molar-refractivity contribution < 1.29 is 33.0 Å². The second-order valence-corrected chi connectivity index (χ2v) is 7.37. The zero-order chi connectivity index (χ0) is 24.7. The first-order chi connectivity index (χ1) is 16.3. The monoisotopic (exact) mass is 468 g/mol. The van der Waals surface area contributed by atoms with Crippen molar-refractivity contribution in [2.45, 2.75) is 6.92 Å². The zero-order valence-electron chi connectivity index (χ0n) is 19.1. The summed E-state index contributed by atoms with van der Waals surface area (Å²) in [5, 5.41) is 2.61. The Kier molecular flexibility index (Phi) is 8.15. The number of halogens is 1. The topological polar surface area (TPSA) is 94.2 Å². The van der Waals surface area contributed by atoms with E-state index >= 15 is 0 Å². The number of allylic oxidation sites excluding steroid dienone is 1. The molecule has 2 aromatic carbocycles. The number of esters is 1. The Bertz CT molecular complexity index is 1120. The van der Waals surface area contributed by atoms with E-state index in [1.165, 1.54) is 43.4 Å². The van der Waals surface area contributed by atoms with E-state index in [-0.39, 0.29) is 23.7 Å². The zero-order valence-corrected chi connectivity index (χ0v) is 19.1. The molecular weight excluding hydrogens is 443 g/mol. The van der Waals surface area contributed by atoms with Crippen LogP contribution in [0.25, 0.3) is 6.08 Å². The van der Waals surface area contributed by atoms with Gasteiger partial charge in [0.25, 0.3) is 11.8 Å². The van der Waals surface area contributed by atoms with E-state index < -0.39 is 17.7 Å². The lowest BCUT2D eigenvalue weighted by molar-refractivity contribution is -0.136. The SMILES string of the molecule is COCCN1C(=O)/C(=C/c2ccc(OCC(=O)Nc3ccc(F)cc3)cc2)C(C(=O)OC)=C1C. The van der Waals surface area contributed by atoms with Crippen LogP contribution < -0.4 is 10.1 Å². The Labute approximate surface area is 196 Å². The molecule has 1 N–H and O–H groups in total. The lowest BCUT2D eigenvalue weighted by Crippen LogP contribution is -2.28. The molecule has 2 amide bonds. The molecule has 178 valence electrons. The van der Waals surface area contributed by atoms with E-state index in [1.807, 2.05) is 0 Å². The fourth-order valence-electron chi connectivity index (χ4n) is 3.39. The number of methoxy groups -OCH3 is 2. The van der Waals surface area contributed by atoms with E-state index in [2.05, 4.69) is 5.32 Å². The van der Waals surface area contributed by atoms with E-state index in [9.17, 15) is 18.8 Å². The van der Waals surface area contributed by atoms with Crippen molar-refractivity contribution in [3.8, 4) is 5.75 Å². The number of rotatable bonds is 9. The fourth-order valence-corrected chi connectivity index (χ4v) is 3.39. The van der Waals surface area contributed by atoms with Gasteiger partial charge < -0.3 is 24.4 Å². The molecule has 34 heavy (non-hydrogen) atoms. The lowest BCUT2D eigenvalue weighted by Gasteiger charge is -2.16. The maximum atomic E-state index is 12.9. The van der Waals surface area contributed by atoms with Gasteiger partial charge in [-0.15, -0.1) is 0 Å². The highest BCUT2D eigenvalue weighted by molar-refractivity contribution is 6.16. The van der Waals surface area contributed by atoms with Crippen molar-refractivity contribution in [2.75, 3.05) is 39.3 Å². The number of benzene rings is 2. The molecular formula is C25H25FN2O6. The molecule has 2 aromatic rings. The lowest BCUT2D eigenvalue weighted by atomic mass is 10.0. The molecule has 1 heterocycles. The summed E-state index contributed by atoms with van der Waals surface area (Å²) < 4.78 is 28.4. The number of hydrogen-bond acceptors (Lipinski definition) is 6. The highest BCUT2D eigenvalue weighted by atomic mass is 19.1. The minimum absolute atomic E-state index is 0.210. The van der Waals surface area contributed by atoms with Crippen LogP contribution in [0.5, 0.6) is 5.75 Å². The molecule has 0 aliphatic carbocycles. The molecule has 0 saturated carbocycles. The number of ether oxygens (including phenoxy) is 3. The molecule has 3 rings (SSSR count). The van der Waals surface area contributed by atoms with Crippen molar-refractivity contribution in [1.82, 2.24) is 4.90 Å². The normalized spacial score (nSPS) is 14.5. The Morgan fingerprint density at radius 2 is 1.74 bits per heavy atom. The van der Waals surface area contributed by atoms with Crippen LogP contribution in [0.2, 0.25) is 0 Å². The predicted molar refractivity (Wildman–Crippen MR) is 123 cm³/mol. The van der Waals surface area contributed by atoms with E-state index in [1.54, 1.807) is 37.3 Å². The quantitative estimate of drug-likeness (QED) is 0.449. The Morgan fingerprint density at radius 3 is 2.35 bits per heavy atom. The van der Waals surface area contributed by atoms with Gasteiger partial charge in [0.1, 0.15) is 11.6 Å². The van der Waals surface area contributed by atoms with Gasteiger partial charge >= 0.3 is 5.97 Å². The van der Waals surface area contributed by atoms with E-state index in [4.69, 9.17) is 14.2 Å². The summed E-state index contributed by atoms with van der Waals surface area (Å²) in [4.78, 5) is 38.8. The van der Waals surface area contributed by atoms with Crippen molar-refractivity contribution in [2.24, 2.45) is 0 Å². The summed E-state index contributed by atoms with van der Waals surface area (Å²) in [6.45, 7) is 2.09. The second kappa shape index (κ2) is 11.2. The Hall–Kier alpha value is -3.98. The third kappa shape index (κ3) is 5.87. The largest absolute Gasteiger partial charge is 0.484 e. The molecule has 9 heteroatoms. The Balaban J connectivity index is 1.68. The second-order valence-electron chi connectivity index (χ2n) is 7.37. The average molecular weight is 468 g/mol. The molecule has 1 aliphatic heterocycles. The molecule has 0 aromatic heterocycles. The minimum atomic E-state index is -0.593. The summed E-state index contributed by atoms with van der Waals surface area (Å²) in [5.74, 6) is -1.25. The van der Waals surface area contributed by atoms with Crippen molar-refractivity contribution >= 4 is 29.5 Å². The first-order valence-electron chi connectivity index (χ1n) is 10.4. The average Bonchev–Trinajstić information content (AvgIpc) is 3.07. The molecule has 0 unspecified atom stereocenters. The van der Waals surface area contributed by atoms with Gasteiger partial charge in [-0.1, -0.05) is 12.1 Å². The molecule has 0 spiro atoms. The van der Waals surface area contributed by atoms with Gasteiger partial charge in [0.15, 0.2) is 6.61 Å².